The van der Waals surface area contributed by atoms with Crippen LogP contribution in [0.4, 0.5) is 0 Å². The maximum absolute atomic E-state index is 13.0. The van der Waals surface area contributed by atoms with Gasteiger partial charge in [0.2, 0.25) is 0 Å². The molecule has 1 aromatic rings. The van der Waals surface area contributed by atoms with E-state index >= 15 is 0 Å². The number of aryl methyl sites for hydroxylation is 1. The molecule has 3 rings (SSSR count). The predicted octanol–water partition coefficient (Wildman–Crippen LogP) is 2.01. The van der Waals surface area contributed by atoms with E-state index in [1.807, 2.05) is 24.9 Å². The van der Waals surface area contributed by atoms with Gasteiger partial charge in [0.25, 0.3) is 5.91 Å². The molecule has 0 bridgehead atoms. The quantitative estimate of drug-likeness (QED) is 0.907. The molecule has 0 unspecified atom stereocenters. The maximum Gasteiger partial charge on any atom is 0.311 e. The minimum atomic E-state index is -0.725. The summed E-state index contributed by atoms with van der Waals surface area (Å²) in [5.41, 5.74) is 0.803. The smallest absolute Gasteiger partial charge is 0.311 e. The van der Waals surface area contributed by atoms with E-state index in [9.17, 15) is 14.7 Å². The van der Waals surface area contributed by atoms with Crippen molar-refractivity contribution in [3.05, 3.63) is 29.3 Å². The van der Waals surface area contributed by atoms with Gasteiger partial charge in [-0.1, -0.05) is 0 Å². The molecule has 2 saturated heterocycles. The molecule has 1 amide bonds. The maximum atomic E-state index is 13.0. The van der Waals surface area contributed by atoms with E-state index in [4.69, 9.17) is 4.74 Å². The summed E-state index contributed by atoms with van der Waals surface area (Å²) in [5, 5.41) is 9.84. The van der Waals surface area contributed by atoms with Gasteiger partial charge in [-0.15, -0.1) is 0 Å². The Hall–Kier alpha value is -2.08. The molecule has 136 valence electrons. The Balaban J connectivity index is 1.83. The zero-order valence-corrected chi connectivity index (χ0v) is 15.1. The average molecular weight is 346 g/mol. The highest BCUT2D eigenvalue weighted by molar-refractivity contribution is 5.96. The summed E-state index contributed by atoms with van der Waals surface area (Å²) in [5.74, 6) is -0.0282. The number of ether oxygens (including phenoxy) is 1. The van der Waals surface area contributed by atoms with Gasteiger partial charge in [-0.05, 0) is 63.5 Å². The van der Waals surface area contributed by atoms with Crippen LogP contribution in [0.1, 0.15) is 35.2 Å². The Morgan fingerprint density at radius 2 is 2.04 bits per heavy atom. The number of fused-ring (bicyclic) bond motifs is 1. The van der Waals surface area contributed by atoms with Crippen LogP contribution in [-0.4, -0.2) is 66.6 Å². The number of piperidine rings is 2. The monoisotopic (exact) mass is 346 g/mol. The first-order valence-electron chi connectivity index (χ1n) is 8.76. The minimum Gasteiger partial charge on any atom is -0.497 e. The molecule has 2 fully saturated rings. The SMILES string of the molecule is COc1ccc(C(=O)N2CC[C@@]3(C(=O)O)CCCN(C)[C@@H]3C2)c(C)c1. The highest BCUT2D eigenvalue weighted by Crippen LogP contribution is 2.42. The van der Waals surface area contributed by atoms with E-state index in [1.165, 1.54) is 0 Å². The Labute approximate surface area is 148 Å². The molecule has 0 aromatic heterocycles. The second kappa shape index (κ2) is 6.67. The van der Waals surface area contributed by atoms with E-state index in [0.29, 0.717) is 31.5 Å². The summed E-state index contributed by atoms with van der Waals surface area (Å²) in [6, 6.07) is 5.30. The van der Waals surface area contributed by atoms with Crippen molar-refractivity contribution >= 4 is 11.9 Å². The van der Waals surface area contributed by atoms with Crippen LogP contribution in [0.2, 0.25) is 0 Å². The van der Waals surface area contributed by atoms with Gasteiger partial charge >= 0.3 is 5.97 Å². The number of carbonyl (C=O) groups is 2. The second-order valence-corrected chi connectivity index (χ2v) is 7.24. The minimum absolute atomic E-state index is 0.0295. The van der Waals surface area contributed by atoms with Crippen molar-refractivity contribution in [3.8, 4) is 5.75 Å². The molecule has 2 aliphatic rings. The van der Waals surface area contributed by atoms with Crippen LogP contribution in [0.25, 0.3) is 0 Å². The number of methoxy groups -OCH3 is 1. The standard InChI is InChI=1S/C19H26N2O4/c1-13-11-14(25-3)5-6-15(13)17(22)21-10-8-19(18(23)24)7-4-9-20(2)16(19)12-21/h5-6,11,16H,4,7-10,12H2,1-3H3,(H,23,24)/t16-,19+/m1/s1. The van der Waals surface area contributed by atoms with Gasteiger partial charge in [0.15, 0.2) is 0 Å². The van der Waals surface area contributed by atoms with Crippen LogP contribution >= 0.6 is 0 Å². The number of likely N-dealkylation sites (N-methyl/N-ethyl adjacent to an activating group) is 1. The summed E-state index contributed by atoms with van der Waals surface area (Å²) < 4.78 is 5.20. The van der Waals surface area contributed by atoms with Crippen LogP contribution < -0.4 is 4.74 Å². The van der Waals surface area contributed by atoms with Gasteiger partial charge in [0.1, 0.15) is 5.75 Å². The topological polar surface area (TPSA) is 70.1 Å². The zero-order valence-electron chi connectivity index (χ0n) is 15.1. The lowest BCUT2D eigenvalue weighted by molar-refractivity contribution is -0.161. The zero-order chi connectivity index (χ0) is 18.2. The molecule has 6 heteroatoms. The van der Waals surface area contributed by atoms with Gasteiger partial charge < -0.3 is 19.6 Å². The molecule has 2 atom stereocenters. The molecule has 25 heavy (non-hydrogen) atoms. The molecule has 0 spiro atoms. The first kappa shape index (κ1) is 17.7. The highest BCUT2D eigenvalue weighted by atomic mass is 16.5. The lowest BCUT2D eigenvalue weighted by Gasteiger charge is -2.51. The third-order valence-corrected chi connectivity index (χ3v) is 5.90. The largest absolute Gasteiger partial charge is 0.497 e. The Morgan fingerprint density at radius 1 is 1.28 bits per heavy atom. The van der Waals surface area contributed by atoms with Gasteiger partial charge in [0.05, 0.1) is 12.5 Å². The van der Waals surface area contributed by atoms with E-state index in [1.54, 1.807) is 19.2 Å². The summed E-state index contributed by atoms with van der Waals surface area (Å²) in [6.07, 6.45) is 2.10. The highest BCUT2D eigenvalue weighted by Gasteiger charge is 2.52. The molecule has 2 heterocycles. The fourth-order valence-corrected chi connectivity index (χ4v) is 4.34. The van der Waals surface area contributed by atoms with Gasteiger partial charge in [0, 0.05) is 24.7 Å². The predicted molar refractivity (Wildman–Crippen MR) is 94.0 cm³/mol. The Bertz CT molecular complexity index is 690. The first-order valence-corrected chi connectivity index (χ1v) is 8.76. The van der Waals surface area contributed by atoms with Crippen molar-refractivity contribution in [3.63, 3.8) is 0 Å². The molecule has 6 nitrogen and oxygen atoms in total. The van der Waals surface area contributed by atoms with Crippen LogP contribution in [0.3, 0.4) is 0 Å². The van der Waals surface area contributed by atoms with Crippen molar-refractivity contribution in [1.29, 1.82) is 0 Å². The van der Waals surface area contributed by atoms with E-state index in [-0.39, 0.29) is 11.9 Å². The Kier molecular flexibility index (Phi) is 4.73. The number of hydrogen-bond donors (Lipinski definition) is 1. The normalized spacial score (nSPS) is 26.8. The lowest BCUT2D eigenvalue weighted by Crippen LogP contribution is -2.63. The third-order valence-electron chi connectivity index (χ3n) is 5.90. The van der Waals surface area contributed by atoms with E-state index < -0.39 is 11.4 Å². The molecule has 2 aliphatic heterocycles. The van der Waals surface area contributed by atoms with Crippen molar-refractivity contribution in [1.82, 2.24) is 9.80 Å². The number of amides is 1. The van der Waals surface area contributed by atoms with Gasteiger partial charge in [-0.2, -0.15) is 0 Å². The number of carbonyl (C=O) groups excluding carboxylic acids is 1. The number of carboxylic acids is 1. The molecule has 0 radical (unpaired) electrons. The molecular weight excluding hydrogens is 320 g/mol. The first-order chi connectivity index (χ1) is 11.9. The van der Waals surface area contributed by atoms with Crippen molar-refractivity contribution in [2.24, 2.45) is 5.41 Å². The number of carboxylic acid groups (broad SMARTS) is 1. The van der Waals surface area contributed by atoms with Crippen LogP contribution in [0, 0.1) is 12.3 Å². The summed E-state index contributed by atoms with van der Waals surface area (Å²) in [6.45, 7) is 3.73. The number of aliphatic carboxylic acids is 1. The van der Waals surface area contributed by atoms with Gasteiger partial charge in [-0.3, -0.25) is 9.59 Å². The fraction of sp³-hybridized carbons (Fsp3) is 0.579. The number of hydrogen-bond acceptors (Lipinski definition) is 4. The fourth-order valence-electron chi connectivity index (χ4n) is 4.34. The van der Waals surface area contributed by atoms with Gasteiger partial charge in [-0.25, -0.2) is 0 Å². The third kappa shape index (κ3) is 2.99. The van der Waals surface area contributed by atoms with Crippen molar-refractivity contribution < 1.29 is 19.4 Å². The molecule has 1 N–H and O–H groups in total. The average Bonchev–Trinajstić information content (AvgIpc) is 2.61. The summed E-state index contributed by atoms with van der Waals surface area (Å²) in [7, 11) is 3.57. The van der Waals surface area contributed by atoms with E-state index in [0.717, 1.165) is 24.3 Å². The van der Waals surface area contributed by atoms with E-state index in [2.05, 4.69) is 4.90 Å². The van der Waals surface area contributed by atoms with Crippen LogP contribution in [0.15, 0.2) is 18.2 Å². The number of nitrogens with zero attached hydrogens (tertiary/aromatic N) is 2. The van der Waals surface area contributed by atoms with Crippen molar-refractivity contribution in [2.75, 3.05) is 33.8 Å². The summed E-state index contributed by atoms with van der Waals surface area (Å²) >= 11 is 0. The molecule has 0 aliphatic carbocycles. The number of rotatable bonds is 3. The molecule has 1 aromatic carbocycles. The Morgan fingerprint density at radius 3 is 2.68 bits per heavy atom. The lowest BCUT2D eigenvalue weighted by atomic mass is 9.68. The second-order valence-electron chi connectivity index (χ2n) is 7.24. The molecular formula is C19H26N2O4. The van der Waals surface area contributed by atoms with Crippen LogP contribution in [0.5, 0.6) is 5.75 Å². The summed E-state index contributed by atoms with van der Waals surface area (Å²) in [4.78, 5) is 28.9. The molecule has 0 saturated carbocycles. The number of likely N-dealkylation sites (tertiary alicyclic amines) is 2. The van der Waals surface area contributed by atoms with Crippen molar-refractivity contribution in [2.45, 2.75) is 32.2 Å². The number of benzene rings is 1. The van der Waals surface area contributed by atoms with Crippen LogP contribution in [-0.2, 0) is 4.79 Å².